The van der Waals surface area contributed by atoms with Crippen LogP contribution in [0.15, 0.2) is 42.9 Å². The van der Waals surface area contributed by atoms with Crippen molar-refractivity contribution in [1.82, 2.24) is 15.0 Å². The number of hydrogen-bond acceptors (Lipinski definition) is 4. The topological polar surface area (TPSA) is 81.8 Å². The monoisotopic (exact) mass is 284 g/mol. The zero-order chi connectivity index (χ0) is 14.1. The highest BCUT2D eigenvalue weighted by Crippen LogP contribution is 2.26. The van der Waals surface area contributed by atoms with Crippen LogP contribution in [0, 0.1) is 0 Å². The molecule has 3 aromatic rings. The second-order valence-electron chi connectivity index (χ2n) is 4.19. The standard InChI is InChI=1S/C14H9ClN4O/c15-12-4-2-8(6-18-12)10-7-17-5-9-1-3-11(14(16)20)19-13(9)10/h1-7H,(H2,16,20). The van der Waals surface area contributed by atoms with E-state index < -0.39 is 5.91 Å². The lowest BCUT2D eigenvalue weighted by Crippen LogP contribution is -2.12. The third-order valence-electron chi connectivity index (χ3n) is 2.89. The molecule has 0 saturated heterocycles. The minimum atomic E-state index is -0.566. The largest absolute Gasteiger partial charge is 0.364 e. The summed E-state index contributed by atoms with van der Waals surface area (Å²) in [6, 6.07) is 6.86. The summed E-state index contributed by atoms with van der Waals surface area (Å²) < 4.78 is 0. The van der Waals surface area contributed by atoms with Gasteiger partial charge in [0.05, 0.1) is 5.52 Å². The summed E-state index contributed by atoms with van der Waals surface area (Å²) in [6.45, 7) is 0. The zero-order valence-electron chi connectivity index (χ0n) is 10.2. The van der Waals surface area contributed by atoms with E-state index in [1.165, 1.54) is 0 Å². The fourth-order valence-corrected chi connectivity index (χ4v) is 2.04. The Labute approximate surface area is 119 Å². The van der Waals surface area contributed by atoms with Crippen LogP contribution < -0.4 is 5.73 Å². The maximum Gasteiger partial charge on any atom is 0.267 e. The number of amides is 1. The average molecular weight is 285 g/mol. The van der Waals surface area contributed by atoms with Gasteiger partial charge in [-0.05, 0) is 24.3 Å². The van der Waals surface area contributed by atoms with Gasteiger partial charge in [0.15, 0.2) is 0 Å². The van der Waals surface area contributed by atoms with Crippen molar-refractivity contribution < 1.29 is 4.79 Å². The van der Waals surface area contributed by atoms with Gasteiger partial charge in [-0.1, -0.05) is 11.6 Å². The lowest BCUT2D eigenvalue weighted by Gasteiger charge is -2.06. The maximum absolute atomic E-state index is 11.3. The van der Waals surface area contributed by atoms with Gasteiger partial charge in [-0.3, -0.25) is 9.78 Å². The van der Waals surface area contributed by atoms with Crippen molar-refractivity contribution in [3.05, 3.63) is 53.7 Å². The Morgan fingerprint density at radius 1 is 1.10 bits per heavy atom. The fourth-order valence-electron chi connectivity index (χ4n) is 1.93. The Kier molecular flexibility index (Phi) is 3.04. The molecule has 1 amide bonds. The molecule has 3 heterocycles. The van der Waals surface area contributed by atoms with E-state index in [0.29, 0.717) is 10.7 Å². The van der Waals surface area contributed by atoms with Crippen LogP contribution in [0.4, 0.5) is 0 Å². The van der Waals surface area contributed by atoms with Gasteiger partial charge in [-0.15, -0.1) is 0 Å². The molecule has 0 aliphatic carbocycles. The van der Waals surface area contributed by atoms with Gasteiger partial charge in [0.2, 0.25) is 0 Å². The van der Waals surface area contributed by atoms with E-state index in [2.05, 4.69) is 15.0 Å². The first kappa shape index (κ1) is 12.5. The van der Waals surface area contributed by atoms with E-state index in [1.54, 1.807) is 36.8 Å². The Hall–Kier alpha value is -2.53. The molecular weight excluding hydrogens is 276 g/mol. The number of pyridine rings is 3. The zero-order valence-corrected chi connectivity index (χ0v) is 11.0. The quantitative estimate of drug-likeness (QED) is 0.733. The number of carbonyl (C=O) groups is 1. The molecule has 0 fully saturated rings. The number of halogens is 1. The molecule has 3 aromatic heterocycles. The Morgan fingerprint density at radius 3 is 2.65 bits per heavy atom. The minimum Gasteiger partial charge on any atom is -0.364 e. The van der Waals surface area contributed by atoms with E-state index in [1.807, 2.05) is 6.07 Å². The van der Waals surface area contributed by atoms with Crippen molar-refractivity contribution in [3.8, 4) is 11.1 Å². The molecule has 0 radical (unpaired) electrons. The molecule has 0 atom stereocenters. The number of nitrogens with zero attached hydrogens (tertiary/aromatic N) is 3. The van der Waals surface area contributed by atoms with E-state index in [4.69, 9.17) is 17.3 Å². The molecule has 0 aliphatic rings. The number of rotatable bonds is 2. The van der Waals surface area contributed by atoms with Gasteiger partial charge in [-0.25, -0.2) is 9.97 Å². The number of aromatic nitrogens is 3. The Bertz CT molecular complexity index is 802. The summed E-state index contributed by atoms with van der Waals surface area (Å²) in [5.74, 6) is -0.566. The summed E-state index contributed by atoms with van der Waals surface area (Å²) in [4.78, 5) is 23.8. The van der Waals surface area contributed by atoms with Crippen molar-refractivity contribution in [1.29, 1.82) is 0 Å². The summed E-state index contributed by atoms with van der Waals surface area (Å²) in [5.41, 5.74) is 7.73. The van der Waals surface area contributed by atoms with Crippen LogP contribution in [0.3, 0.4) is 0 Å². The maximum atomic E-state index is 11.3. The van der Waals surface area contributed by atoms with Crippen molar-refractivity contribution in [2.75, 3.05) is 0 Å². The van der Waals surface area contributed by atoms with Crippen molar-refractivity contribution in [3.63, 3.8) is 0 Å². The summed E-state index contributed by atoms with van der Waals surface area (Å²) in [7, 11) is 0. The number of carbonyl (C=O) groups excluding carboxylic acids is 1. The fraction of sp³-hybridized carbons (Fsp3) is 0. The first-order valence-electron chi connectivity index (χ1n) is 5.81. The number of nitrogens with two attached hydrogens (primary N) is 1. The number of fused-ring (bicyclic) bond motifs is 1. The van der Waals surface area contributed by atoms with Crippen LogP contribution in [0.25, 0.3) is 22.0 Å². The molecule has 0 spiro atoms. The molecular formula is C14H9ClN4O. The lowest BCUT2D eigenvalue weighted by molar-refractivity contribution is 0.0996. The third-order valence-corrected chi connectivity index (χ3v) is 3.11. The molecule has 20 heavy (non-hydrogen) atoms. The Balaban J connectivity index is 2.26. The SMILES string of the molecule is NC(=O)c1ccc2cncc(-c3ccc(Cl)nc3)c2n1. The van der Waals surface area contributed by atoms with Gasteiger partial charge >= 0.3 is 0 Å². The molecule has 0 saturated carbocycles. The van der Waals surface area contributed by atoms with Gasteiger partial charge in [0.1, 0.15) is 10.8 Å². The molecule has 0 bridgehead atoms. The van der Waals surface area contributed by atoms with Crippen LogP contribution in [0.1, 0.15) is 10.5 Å². The third kappa shape index (κ3) is 2.19. The van der Waals surface area contributed by atoms with Crippen LogP contribution in [-0.4, -0.2) is 20.9 Å². The highest BCUT2D eigenvalue weighted by molar-refractivity contribution is 6.29. The van der Waals surface area contributed by atoms with Gasteiger partial charge in [0, 0.05) is 35.1 Å². The molecule has 0 unspecified atom stereocenters. The smallest absolute Gasteiger partial charge is 0.267 e. The van der Waals surface area contributed by atoms with Gasteiger partial charge in [-0.2, -0.15) is 0 Å². The number of hydrogen-bond donors (Lipinski definition) is 1. The molecule has 98 valence electrons. The summed E-state index contributed by atoms with van der Waals surface area (Å²) >= 11 is 5.78. The highest BCUT2D eigenvalue weighted by Gasteiger charge is 2.09. The Morgan fingerprint density at radius 2 is 1.95 bits per heavy atom. The van der Waals surface area contributed by atoms with Crippen LogP contribution in [0.2, 0.25) is 5.15 Å². The molecule has 3 rings (SSSR count). The first-order valence-corrected chi connectivity index (χ1v) is 6.19. The van der Waals surface area contributed by atoms with Crippen LogP contribution in [-0.2, 0) is 0 Å². The summed E-state index contributed by atoms with van der Waals surface area (Å²) in [6.07, 6.45) is 4.99. The average Bonchev–Trinajstić information content (AvgIpc) is 2.47. The van der Waals surface area contributed by atoms with Crippen molar-refractivity contribution in [2.24, 2.45) is 5.73 Å². The second-order valence-corrected chi connectivity index (χ2v) is 4.58. The van der Waals surface area contributed by atoms with Crippen LogP contribution in [0.5, 0.6) is 0 Å². The first-order chi connectivity index (χ1) is 9.65. The van der Waals surface area contributed by atoms with Crippen molar-refractivity contribution in [2.45, 2.75) is 0 Å². The van der Waals surface area contributed by atoms with E-state index >= 15 is 0 Å². The highest BCUT2D eigenvalue weighted by atomic mass is 35.5. The molecule has 0 aromatic carbocycles. The minimum absolute atomic E-state index is 0.215. The molecule has 6 heteroatoms. The van der Waals surface area contributed by atoms with Gasteiger partial charge in [0.25, 0.3) is 5.91 Å². The molecule has 0 aliphatic heterocycles. The molecule has 5 nitrogen and oxygen atoms in total. The second kappa shape index (κ2) is 4.86. The van der Waals surface area contributed by atoms with E-state index in [9.17, 15) is 4.79 Å². The predicted molar refractivity (Wildman–Crippen MR) is 76.3 cm³/mol. The van der Waals surface area contributed by atoms with Crippen molar-refractivity contribution >= 4 is 28.4 Å². The van der Waals surface area contributed by atoms with Gasteiger partial charge < -0.3 is 5.73 Å². The lowest BCUT2D eigenvalue weighted by atomic mass is 10.1. The normalized spacial score (nSPS) is 10.7. The van der Waals surface area contributed by atoms with E-state index in [-0.39, 0.29) is 5.69 Å². The predicted octanol–water partition coefficient (Wildman–Crippen LogP) is 2.44. The van der Waals surface area contributed by atoms with Crippen LogP contribution >= 0.6 is 11.6 Å². The number of primary amides is 1. The van der Waals surface area contributed by atoms with E-state index in [0.717, 1.165) is 16.5 Å². The molecule has 2 N–H and O–H groups in total. The summed E-state index contributed by atoms with van der Waals surface area (Å²) in [5, 5.41) is 1.23.